The molecule has 0 radical (unpaired) electrons. The molecule has 4 rings (SSSR count). The van der Waals surface area contributed by atoms with E-state index in [4.69, 9.17) is 9.15 Å². The molecule has 1 spiro atoms. The van der Waals surface area contributed by atoms with Crippen LogP contribution in [0.15, 0.2) is 27.1 Å². The summed E-state index contributed by atoms with van der Waals surface area (Å²) < 4.78 is 13.0. The Morgan fingerprint density at radius 2 is 2.04 bits per heavy atom. The highest BCUT2D eigenvalue weighted by molar-refractivity contribution is 9.10. The van der Waals surface area contributed by atoms with Crippen molar-refractivity contribution in [2.45, 2.75) is 32.4 Å². The number of hydrogen-bond donors (Lipinski definition) is 0. The van der Waals surface area contributed by atoms with E-state index in [1.165, 1.54) is 0 Å². The van der Waals surface area contributed by atoms with Crippen LogP contribution >= 0.6 is 15.9 Å². The molecule has 1 aromatic heterocycles. The number of likely N-dealkylation sites (tertiary alicyclic amines) is 1. The Hall–Kier alpha value is -1.37. The fraction of sp³-hybridized carbons (Fsp3) is 0.526. The van der Waals surface area contributed by atoms with Gasteiger partial charge >= 0.3 is 0 Å². The van der Waals surface area contributed by atoms with Gasteiger partial charge in [0.25, 0.3) is 5.91 Å². The van der Waals surface area contributed by atoms with E-state index >= 15 is 0 Å². The number of rotatable bonds is 2. The van der Waals surface area contributed by atoms with Crippen molar-refractivity contribution in [1.29, 1.82) is 0 Å². The molecule has 134 valence electrons. The zero-order valence-electron chi connectivity index (χ0n) is 14.7. The molecule has 0 saturated carbocycles. The van der Waals surface area contributed by atoms with Gasteiger partial charge in [0.1, 0.15) is 11.3 Å². The summed E-state index contributed by atoms with van der Waals surface area (Å²) in [4.78, 5) is 17.6. The lowest BCUT2D eigenvalue weighted by molar-refractivity contribution is -0.105. The Balaban J connectivity index is 1.65. The van der Waals surface area contributed by atoms with Gasteiger partial charge in [-0.2, -0.15) is 0 Å². The maximum Gasteiger partial charge on any atom is 0.292 e. The smallest absolute Gasteiger partial charge is 0.292 e. The van der Waals surface area contributed by atoms with Gasteiger partial charge in [-0.1, -0.05) is 22.9 Å². The molecule has 1 aromatic carbocycles. The molecule has 2 aliphatic rings. The van der Waals surface area contributed by atoms with Gasteiger partial charge in [0, 0.05) is 47.9 Å². The first-order valence-electron chi connectivity index (χ1n) is 8.91. The highest BCUT2D eigenvalue weighted by Gasteiger charge is 2.47. The number of nitrogens with zero attached hydrogens (tertiary/aromatic N) is 2. The van der Waals surface area contributed by atoms with Crippen LogP contribution < -0.4 is 0 Å². The summed E-state index contributed by atoms with van der Waals surface area (Å²) in [6, 6.07) is 5.88. The molecule has 6 heteroatoms. The van der Waals surface area contributed by atoms with Crippen molar-refractivity contribution in [3.05, 3.63) is 34.0 Å². The fourth-order valence-corrected chi connectivity index (χ4v) is 4.39. The number of aryl methyl sites for hydroxylation is 1. The summed E-state index contributed by atoms with van der Waals surface area (Å²) in [5.41, 5.74) is 1.18. The van der Waals surface area contributed by atoms with Gasteiger partial charge < -0.3 is 19.0 Å². The Morgan fingerprint density at radius 3 is 2.76 bits per heavy atom. The lowest BCUT2D eigenvalue weighted by Crippen LogP contribution is -2.54. The topological polar surface area (TPSA) is 45.9 Å². The predicted octanol–water partition coefficient (Wildman–Crippen LogP) is 3.79. The fourth-order valence-electron chi connectivity index (χ4n) is 4.05. The first-order valence-corrected chi connectivity index (χ1v) is 9.70. The van der Waals surface area contributed by atoms with Crippen LogP contribution in [0, 0.1) is 6.92 Å². The van der Waals surface area contributed by atoms with Crippen molar-refractivity contribution in [2.75, 3.05) is 32.8 Å². The third-order valence-corrected chi connectivity index (χ3v) is 6.10. The van der Waals surface area contributed by atoms with Crippen LogP contribution in [0.2, 0.25) is 0 Å². The van der Waals surface area contributed by atoms with Crippen LogP contribution in [0.5, 0.6) is 0 Å². The number of carbonyl (C=O) groups is 1. The van der Waals surface area contributed by atoms with Gasteiger partial charge in [-0.15, -0.1) is 0 Å². The van der Waals surface area contributed by atoms with Crippen LogP contribution in [0.25, 0.3) is 11.0 Å². The molecule has 2 fully saturated rings. The van der Waals surface area contributed by atoms with Gasteiger partial charge in [-0.25, -0.2) is 0 Å². The number of fused-ring (bicyclic) bond motifs is 1. The van der Waals surface area contributed by atoms with Gasteiger partial charge in [0.2, 0.25) is 0 Å². The summed E-state index contributed by atoms with van der Waals surface area (Å²) in [6.45, 7) is 8.33. The Labute approximate surface area is 156 Å². The van der Waals surface area contributed by atoms with Crippen LogP contribution in [0.3, 0.4) is 0 Å². The third kappa shape index (κ3) is 2.80. The Bertz CT molecular complexity index is 808. The number of carbonyl (C=O) groups excluding carboxylic acids is 1. The highest BCUT2D eigenvalue weighted by atomic mass is 79.9. The first-order chi connectivity index (χ1) is 12.0. The summed E-state index contributed by atoms with van der Waals surface area (Å²) in [7, 11) is 0. The minimum atomic E-state index is -0.464. The lowest BCUT2D eigenvalue weighted by Gasteiger charge is -2.43. The monoisotopic (exact) mass is 406 g/mol. The number of furan rings is 1. The van der Waals surface area contributed by atoms with Gasteiger partial charge in [-0.3, -0.25) is 4.79 Å². The standard InChI is InChI=1S/C19H23BrN2O3/c1-3-21-8-6-19(7-9-21)22(10-11-24-19)18(23)17-13(2)15-5-4-14(20)12-16(15)25-17/h4-5,12H,3,6-11H2,1-2H3. The van der Waals surface area contributed by atoms with E-state index in [0.717, 1.165) is 53.5 Å². The summed E-state index contributed by atoms with van der Waals surface area (Å²) in [5, 5.41) is 0.988. The van der Waals surface area contributed by atoms with E-state index in [0.29, 0.717) is 18.9 Å². The summed E-state index contributed by atoms with van der Waals surface area (Å²) >= 11 is 3.46. The second-order valence-corrected chi connectivity index (χ2v) is 7.80. The average molecular weight is 407 g/mol. The molecular weight excluding hydrogens is 384 g/mol. The van der Waals surface area contributed by atoms with Crippen LogP contribution in [-0.4, -0.2) is 54.2 Å². The van der Waals surface area contributed by atoms with Gasteiger partial charge in [0.05, 0.1) is 6.61 Å². The van der Waals surface area contributed by atoms with E-state index < -0.39 is 5.72 Å². The molecule has 5 nitrogen and oxygen atoms in total. The quantitative estimate of drug-likeness (QED) is 0.760. The lowest BCUT2D eigenvalue weighted by atomic mass is 9.98. The second-order valence-electron chi connectivity index (χ2n) is 6.88. The van der Waals surface area contributed by atoms with E-state index in [-0.39, 0.29) is 5.91 Å². The number of halogens is 1. The Kier molecular flexibility index (Phi) is 4.38. The van der Waals surface area contributed by atoms with E-state index in [1.54, 1.807) is 0 Å². The van der Waals surface area contributed by atoms with Crippen molar-refractivity contribution in [3.63, 3.8) is 0 Å². The minimum absolute atomic E-state index is 0.0488. The third-order valence-electron chi connectivity index (χ3n) is 5.60. The van der Waals surface area contributed by atoms with E-state index in [9.17, 15) is 4.79 Å². The molecule has 0 unspecified atom stereocenters. The van der Waals surface area contributed by atoms with Crippen LogP contribution in [-0.2, 0) is 4.74 Å². The molecule has 2 saturated heterocycles. The normalized spacial score (nSPS) is 20.7. The van der Waals surface area contributed by atoms with Gasteiger partial charge in [-0.05, 0) is 31.7 Å². The second kappa shape index (κ2) is 6.41. The summed E-state index contributed by atoms with van der Waals surface area (Å²) in [5.74, 6) is 0.392. The molecule has 0 atom stereocenters. The van der Waals surface area contributed by atoms with Crippen molar-refractivity contribution in [1.82, 2.24) is 9.80 Å². The zero-order valence-corrected chi connectivity index (χ0v) is 16.3. The van der Waals surface area contributed by atoms with Crippen molar-refractivity contribution >= 4 is 32.8 Å². The van der Waals surface area contributed by atoms with Crippen molar-refractivity contribution in [3.8, 4) is 0 Å². The summed E-state index contributed by atoms with van der Waals surface area (Å²) in [6.07, 6.45) is 1.72. The molecule has 0 aliphatic carbocycles. The SMILES string of the molecule is CCN1CCC2(CC1)OCCN2C(=O)c1oc2cc(Br)ccc2c1C. The van der Waals surface area contributed by atoms with Gasteiger partial charge in [0.15, 0.2) is 5.76 Å². The average Bonchev–Trinajstić information content (AvgIpc) is 3.16. The molecule has 25 heavy (non-hydrogen) atoms. The maximum absolute atomic E-state index is 13.3. The first kappa shape index (κ1) is 17.1. The number of amides is 1. The molecule has 0 N–H and O–H groups in total. The van der Waals surface area contributed by atoms with E-state index in [1.807, 2.05) is 30.0 Å². The minimum Gasteiger partial charge on any atom is -0.451 e. The molecule has 1 amide bonds. The van der Waals surface area contributed by atoms with E-state index in [2.05, 4.69) is 27.8 Å². The number of benzene rings is 1. The number of ether oxygens (including phenoxy) is 1. The highest BCUT2D eigenvalue weighted by Crippen LogP contribution is 2.37. The zero-order chi connectivity index (χ0) is 17.6. The Morgan fingerprint density at radius 1 is 1.28 bits per heavy atom. The number of piperidine rings is 1. The van der Waals surface area contributed by atoms with Crippen LogP contribution in [0.1, 0.15) is 35.9 Å². The molecule has 2 aromatic rings. The van der Waals surface area contributed by atoms with Crippen LogP contribution in [0.4, 0.5) is 0 Å². The molecule has 3 heterocycles. The largest absolute Gasteiger partial charge is 0.451 e. The predicted molar refractivity (Wildman–Crippen MR) is 99.7 cm³/mol. The molecular formula is C19H23BrN2O3. The maximum atomic E-state index is 13.3. The van der Waals surface area contributed by atoms with Crippen molar-refractivity contribution in [2.24, 2.45) is 0 Å². The van der Waals surface area contributed by atoms with Crippen molar-refractivity contribution < 1.29 is 13.9 Å². The molecule has 2 aliphatic heterocycles. The molecule has 0 bridgehead atoms. The number of hydrogen-bond acceptors (Lipinski definition) is 4.